The highest BCUT2D eigenvalue weighted by Gasteiger charge is 2.88. The Kier molecular flexibility index (Phi) is 3.73. The molecule has 5 fully saturated rings. The molecule has 9 unspecified atom stereocenters. The van der Waals surface area contributed by atoms with E-state index in [-0.39, 0.29) is 46.2 Å². The van der Waals surface area contributed by atoms with Gasteiger partial charge >= 0.3 is 11.9 Å². The molecule has 0 aromatic rings. The molecule has 0 bridgehead atoms. The van der Waals surface area contributed by atoms with Gasteiger partial charge in [-0.1, -0.05) is 13.8 Å². The second kappa shape index (κ2) is 5.53. The molecule has 28 heavy (non-hydrogen) atoms. The Morgan fingerprint density at radius 1 is 0.893 bits per heavy atom. The van der Waals surface area contributed by atoms with Crippen LogP contribution in [0.5, 0.6) is 0 Å². The Morgan fingerprint density at radius 2 is 1.61 bits per heavy atom. The highest BCUT2D eigenvalue weighted by atomic mass is 16.6. The van der Waals surface area contributed by atoms with Gasteiger partial charge in [-0.05, 0) is 63.2 Å². The van der Waals surface area contributed by atoms with Gasteiger partial charge < -0.3 is 14.2 Å². The van der Waals surface area contributed by atoms with Crippen LogP contribution in [-0.4, -0.2) is 35.3 Å². The predicted molar refractivity (Wildman–Crippen MR) is 102 cm³/mol. The second-order valence-electron chi connectivity index (χ2n) is 10.9. The van der Waals surface area contributed by atoms with Gasteiger partial charge in [-0.2, -0.15) is 0 Å². The third kappa shape index (κ3) is 2.07. The summed E-state index contributed by atoms with van der Waals surface area (Å²) in [6.07, 6.45) is 7.28. The molecule has 4 saturated carbocycles. The van der Waals surface area contributed by atoms with E-state index >= 15 is 0 Å². The highest BCUT2D eigenvalue weighted by molar-refractivity contribution is 5.66. The van der Waals surface area contributed by atoms with Gasteiger partial charge in [0.25, 0.3) is 0 Å². The summed E-state index contributed by atoms with van der Waals surface area (Å²) in [5, 5.41) is 0. The standard InChI is InChI=1S/C23H34O5/c1-13(24)26-15-8-11-21(4)17-9-10-20(3)16(6-7-18(20)27-14(2)25)19(17)22(5)23(21,12-15)28-22/h15-19H,6-12H2,1-5H3. The lowest BCUT2D eigenvalue weighted by atomic mass is 9.54. The van der Waals surface area contributed by atoms with Gasteiger partial charge in [0.2, 0.25) is 0 Å². The molecule has 156 valence electrons. The number of epoxide rings is 1. The molecule has 5 aliphatic rings. The summed E-state index contributed by atoms with van der Waals surface area (Å²) in [5.41, 5.74) is -0.0762. The monoisotopic (exact) mass is 390 g/mol. The maximum absolute atomic E-state index is 11.7. The Labute approximate surface area is 167 Å². The molecule has 0 aromatic carbocycles. The van der Waals surface area contributed by atoms with E-state index < -0.39 is 0 Å². The fraction of sp³-hybridized carbons (Fsp3) is 0.913. The topological polar surface area (TPSA) is 65.1 Å². The molecule has 0 amide bonds. The average molecular weight is 391 g/mol. The molecule has 1 spiro atoms. The minimum atomic E-state index is -0.185. The number of rotatable bonds is 2. The summed E-state index contributed by atoms with van der Waals surface area (Å²) in [7, 11) is 0. The number of ether oxygens (including phenoxy) is 3. The first-order chi connectivity index (χ1) is 13.1. The van der Waals surface area contributed by atoms with Crippen molar-refractivity contribution in [2.45, 2.75) is 103 Å². The van der Waals surface area contributed by atoms with Crippen molar-refractivity contribution in [3.05, 3.63) is 0 Å². The third-order valence-electron chi connectivity index (χ3n) is 9.85. The van der Waals surface area contributed by atoms with Crippen molar-refractivity contribution in [1.82, 2.24) is 0 Å². The zero-order chi connectivity index (χ0) is 20.1. The smallest absolute Gasteiger partial charge is 0.302 e. The molecule has 0 aromatic heterocycles. The van der Waals surface area contributed by atoms with E-state index in [1.165, 1.54) is 20.3 Å². The first kappa shape index (κ1) is 18.9. The van der Waals surface area contributed by atoms with Crippen LogP contribution < -0.4 is 0 Å². The minimum absolute atomic E-state index is 0.0173. The minimum Gasteiger partial charge on any atom is -0.462 e. The quantitative estimate of drug-likeness (QED) is 0.526. The van der Waals surface area contributed by atoms with Crippen LogP contribution in [-0.2, 0) is 23.8 Å². The summed E-state index contributed by atoms with van der Waals surface area (Å²) in [5.74, 6) is 1.35. The van der Waals surface area contributed by atoms with Crippen molar-refractivity contribution in [3.63, 3.8) is 0 Å². The van der Waals surface area contributed by atoms with Gasteiger partial charge in [0, 0.05) is 31.1 Å². The molecular formula is C23H34O5. The van der Waals surface area contributed by atoms with Gasteiger partial charge in [-0.25, -0.2) is 0 Å². The third-order valence-corrected chi connectivity index (χ3v) is 9.85. The molecule has 0 radical (unpaired) electrons. The van der Waals surface area contributed by atoms with E-state index in [0.717, 1.165) is 38.5 Å². The Bertz CT molecular complexity index is 735. The fourth-order valence-electron chi connectivity index (χ4n) is 8.71. The summed E-state index contributed by atoms with van der Waals surface area (Å²) in [4.78, 5) is 23.2. The molecule has 4 aliphatic carbocycles. The molecule has 0 N–H and O–H groups in total. The summed E-state index contributed by atoms with van der Waals surface area (Å²) >= 11 is 0. The van der Waals surface area contributed by atoms with Gasteiger partial charge in [-0.3, -0.25) is 9.59 Å². The van der Waals surface area contributed by atoms with Gasteiger partial charge in [0.05, 0.1) is 5.60 Å². The predicted octanol–water partition coefficient (Wildman–Crippen LogP) is 4.02. The average Bonchev–Trinajstić information content (AvgIpc) is 2.99. The Balaban J connectivity index is 1.47. The largest absolute Gasteiger partial charge is 0.462 e. The highest BCUT2D eigenvalue weighted by Crippen LogP contribution is 2.82. The van der Waals surface area contributed by atoms with Gasteiger partial charge in [0.15, 0.2) is 0 Å². The van der Waals surface area contributed by atoms with E-state index in [1.54, 1.807) is 0 Å². The van der Waals surface area contributed by atoms with Crippen LogP contribution in [0.25, 0.3) is 0 Å². The number of hydrogen-bond donors (Lipinski definition) is 0. The lowest BCUT2D eigenvalue weighted by Crippen LogP contribution is -2.50. The van der Waals surface area contributed by atoms with Crippen LogP contribution in [0.4, 0.5) is 0 Å². The first-order valence-electron chi connectivity index (χ1n) is 11.1. The molecule has 5 heteroatoms. The maximum Gasteiger partial charge on any atom is 0.302 e. The fourth-order valence-corrected chi connectivity index (χ4v) is 8.71. The summed E-state index contributed by atoms with van der Waals surface area (Å²) < 4.78 is 18.1. The summed E-state index contributed by atoms with van der Waals surface area (Å²) in [6, 6.07) is 0. The number of hydrogen-bond acceptors (Lipinski definition) is 5. The van der Waals surface area contributed by atoms with Crippen LogP contribution in [0.1, 0.15) is 79.6 Å². The van der Waals surface area contributed by atoms with Crippen LogP contribution in [0.15, 0.2) is 0 Å². The van der Waals surface area contributed by atoms with Crippen LogP contribution in [0.3, 0.4) is 0 Å². The Morgan fingerprint density at radius 3 is 2.29 bits per heavy atom. The van der Waals surface area contributed by atoms with Gasteiger partial charge in [-0.15, -0.1) is 0 Å². The number of carbonyl (C=O) groups is 2. The van der Waals surface area contributed by atoms with E-state index in [1.807, 2.05) is 0 Å². The zero-order valence-electron chi connectivity index (χ0n) is 17.9. The normalized spacial score (nSPS) is 56.1. The van der Waals surface area contributed by atoms with Crippen LogP contribution in [0, 0.1) is 28.6 Å². The number of esters is 2. The number of carbonyl (C=O) groups excluding carboxylic acids is 2. The van der Waals surface area contributed by atoms with Crippen molar-refractivity contribution in [1.29, 1.82) is 0 Å². The molecular weight excluding hydrogens is 356 g/mol. The van der Waals surface area contributed by atoms with E-state index in [2.05, 4.69) is 20.8 Å². The van der Waals surface area contributed by atoms with Crippen LogP contribution >= 0.6 is 0 Å². The zero-order valence-corrected chi connectivity index (χ0v) is 17.9. The molecule has 9 atom stereocenters. The summed E-state index contributed by atoms with van der Waals surface area (Å²) in [6.45, 7) is 10.1. The molecule has 1 heterocycles. The lowest BCUT2D eigenvalue weighted by Gasteiger charge is -2.52. The van der Waals surface area contributed by atoms with Crippen molar-refractivity contribution < 1.29 is 23.8 Å². The van der Waals surface area contributed by atoms with Crippen molar-refractivity contribution >= 4 is 11.9 Å². The SMILES string of the molecule is CC(=O)OC1CCC2(C)C3CCC4(C)C(OC(C)=O)CCC4C3C3(C)OC23C1. The van der Waals surface area contributed by atoms with Crippen molar-refractivity contribution in [3.8, 4) is 0 Å². The van der Waals surface area contributed by atoms with Crippen molar-refractivity contribution in [2.75, 3.05) is 0 Å². The van der Waals surface area contributed by atoms with Gasteiger partial charge in [0.1, 0.15) is 17.8 Å². The molecule has 5 nitrogen and oxygen atoms in total. The maximum atomic E-state index is 11.7. The molecule has 5 rings (SSSR count). The second-order valence-corrected chi connectivity index (χ2v) is 10.9. The first-order valence-corrected chi connectivity index (χ1v) is 11.1. The number of fused-ring (bicyclic) bond motifs is 5. The van der Waals surface area contributed by atoms with E-state index in [4.69, 9.17) is 14.2 Å². The molecule has 1 aliphatic heterocycles. The van der Waals surface area contributed by atoms with E-state index in [9.17, 15) is 9.59 Å². The van der Waals surface area contributed by atoms with Crippen LogP contribution in [0.2, 0.25) is 0 Å². The van der Waals surface area contributed by atoms with E-state index in [0.29, 0.717) is 17.8 Å². The lowest BCUT2D eigenvalue weighted by molar-refractivity contribution is -0.160. The molecule has 1 saturated heterocycles. The van der Waals surface area contributed by atoms with Crippen molar-refractivity contribution in [2.24, 2.45) is 28.6 Å². The Hall–Kier alpha value is -1.10.